The fraction of sp³-hybridized carbons (Fsp3) is 0.632. The molecule has 0 aliphatic carbocycles. The summed E-state index contributed by atoms with van der Waals surface area (Å²) in [4.78, 5) is 14.3. The summed E-state index contributed by atoms with van der Waals surface area (Å²) in [6, 6.07) is 10.3. The number of ether oxygens (including phenoxy) is 1. The molecule has 0 amide bonds. The van der Waals surface area contributed by atoms with Crippen LogP contribution < -0.4 is 0 Å². The second kappa shape index (κ2) is 9.62. The lowest BCUT2D eigenvalue weighted by Crippen LogP contribution is -2.35. The van der Waals surface area contributed by atoms with Gasteiger partial charge in [-0.25, -0.2) is 0 Å². The lowest BCUT2D eigenvalue weighted by atomic mass is 10.1. The molecule has 3 nitrogen and oxygen atoms in total. The van der Waals surface area contributed by atoms with Crippen LogP contribution in [0.5, 0.6) is 0 Å². The first kappa shape index (κ1) is 18.7. The Morgan fingerprint density at radius 1 is 1.09 bits per heavy atom. The minimum atomic E-state index is -0.419. The van der Waals surface area contributed by atoms with Crippen molar-refractivity contribution in [1.82, 2.24) is 4.90 Å². The van der Waals surface area contributed by atoms with Gasteiger partial charge in [-0.15, -0.1) is 0 Å². The first-order valence-corrected chi connectivity index (χ1v) is 8.39. The van der Waals surface area contributed by atoms with Gasteiger partial charge in [0.2, 0.25) is 0 Å². The van der Waals surface area contributed by atoms with Gasteiger partial charge in [0.05, 0.1) is 6.54 Å². The molecule has 3 heteroatoms. The number of hydrogen-bond donors (Lipinski definition) is 0. The van der Waals surface area contributed by atoms with Gasteiger partial charge >= 0.3 is 5.97 Å². The molecule has 0 heterocycles. The highest BCUT2D eigenvalue weighted by atomic mass is 16.6. The Kier molecular flexibility index (Phi) is 8.18. The Labute approximate surface area is 135 Å². The van der Waals surface area contributed by atoms with Crippen molar-refractivity contribution < 1.29 is 9.53 Å². The molecule has 0 saturated carbocycles. The van der Waals surface area contributed by atoms with E-state index in [9.17, 15) is 4.79 Å². The average molecular weight is 305 g/mol. The Balaban J connectivity index is 2.55. The maximum atomic E-state index is 12.1. The van der Waals surface area contributed by atoms with Crippen molar-refractivity contribution in [3.8, 4) is 0 Å². The predicted octanol–water partition coefficient (Wildman–Crippen LogP) is 4.41. The van der Waals surface area contributed by atoms with Crippen LogP contribution >= 0.6 is 0 Å². The highest BCUT2D eigenvalue weighted by Crippen LogP contribution is 2.11. The van der Waals surface area contributed by atoms with E-state index < -0.39 is 5.60 Å². The molecule has 0 aliphatic heterocycles. The summed E-state index contributed by atoms with van der Waals surface area (Å²) >= 11 is 0. The highest BCUT2D eigenvalue weighted by molar-refractivity contribution is 5.72. The number of unbranched alkanes of at least 4 members (excludes halogenated alkanes) is 3. The number of esters is 1. The smallest absolute Gasteiger partial charge is 0.320 e. The fourth-order valence-electron chi connectivity index (χ4n) is 2.37. The number of benzene rings is 1. The second-order valence-corrected chi connectivity index (χ2v) is 6.84. The highest BCUT2D eigenvalue weighted by Gasteiger charge is 2.19. The monoisotopic (exact) mass is 305 g/mol. The third kappa shape index (κ3) is 8.83. The van der Waals surface area contributed by atoms with Crippen molar-refractivity contribution >= 4 is 5.97 Å². The molecule has 0 saturated heterocycles. The van der Waals surface area contributed by atoms with Gasteiger partial charge in [0.1, 0.15) is 5.60 Å². The molecule has 0 aliphatic rings. The third-order valence-corrected chi connectivity index (χ3v) is 3.35. The Morgan fingerprint density at radius 2 is 1.77 bits per heavy atom. The number of nitrogens with zero attached hydrogens (tertiary/aromatic N) is 1. The summed E-state index contributed by atoms with van der Waals surface area (Å²) in [6.07, 6.45) is 4.83. The quantitative estimate of drug-likeness (QED) is 0.500. The van der Waals surface area contributed by atoms with Crippen molar-refractivity contribution in [3.63, 3.8) is 0 Å². The number of rotatable bonds is 9. The largest absolute Gasteiger partial charge is 0.459 e. The van der Waals surface area contributed by atoms with Crippen LogP contribution in [0.4, 0.5) is 0 Å². The minimum absolute atomic E-state index is 0.140. The normalized spacial score (nSPS) is 11.7. The molecule has 1 rings (SSSR count). The molecule has 1 aromatic carbocycles. The molecule has 0 aromatic heterocycles. The Hall–Kier alpha value is -1.35. The van der Waals surface area contributed by atoms with Crippen LogP contribution in [0.3, 0.4) is 0 Å². The van der Waals surface area contributed by atoms with Crippen LogP contribution in [0.1, 0.15) is 58.9 Å². The van der Waals surface area contributed by atoms with E-state index in [0.717, 1.165) is 19.5 Å². The van der Waals surface area contributed by atoms with Gasteiger partial charge in [0, 0.05) is 6.54 Å². The zero-order valence-electron chi connectivity index (χ0n) is 14.6. The maximum absolute atomic E-state index is 12.1. The van der Waals surface area contributed by atoms with E-state index in [1.165, 1.54) is 24.8 Å². The molecular weight excluding hydrogens is 274 g/mol. The van der Waals surface area contributed by atoms with E-state index in [2.05, 4.69) is 24.0 Å². The van der Waals surface area contributed by atoms with Gasteiger partial charge < -0.3 is 4.74 Å². The molecule has 0 spiro atoms. The third-order valence-electron chi connectivity index (χ3n) is 3.35. The van der Waals surface area contributed by atoms with Crippen molar-refractivity contribution in [2.24, 2.45) is 0 Å². The van der Waals surface area contributed by atoms with E-state index >= 15 is 0 Å². The summed E-state index contributed by atoms with van der Waals surface area (Å²) in [7, 11) is 0. The zero-order chi connectivity index (χ0) is 16.4. The van der Waals surface area contributed by atoms with Gasteiger partial charge in [-0.05, 0) is 39.3 Å². The van der Waals surface area contributed by atoms with Crippen LogP contribution in [-0.4, -0.2) is 29.6 Å². The number of carbonyl (C=O) groups is 1. The van der Waals surface area contributed by atoms with Crippen LogP contribution in [0.25, 0.3) is 0 Å². The SMILES string of the molecule is CCCCCCN(CC(=O)OC(C)(C)C)Cc1ccccc1. The summed E-state index contributed by atoms with van der Waals surface area (Å²) < 4.78 is 5.45. The molecule has 0 fully saturated rings. The number of hydrogen-bond acceptors (Lipinski definition) is 3. The van der Waals surface area contributed by atoms with Crippen molar-refractivity contribution in [3.05, 3.63) is 35.9 Å². The zero-order valence-corrected chi connectivity index (χ0v) is 14.6. The maximum Gasteiger partial charge on any atom is 0.320 e. The lowest BCUT2D eigenvalue weighted by molar-refractivity contribution is -0.156. The molecular formula is C19H31NO2. The van der Waals surface area contributed by atoms with E-state index in [1.807, 2.05) is 39.0 Å². The summed E-state index contributed by atoms with van der Waals surface area (Å²) in [6.45, 7) is 10.0. The molecule has 1 aromatic rings. The van der Waals surface area contributed by atoms with E-state index in [0.29, 0.717) is 6.54 Å². The number of carbonyl (C=O) groups excluding carboxylic acids is 1. The van der Waals surface area contributed by atoms with E-state index in [1.54, 1.807) is 0 Å². The summed E-state index contributed by atoms with van der Waals surface area (Å²) in [5.41, 5.74) is 0.819. The van der Waals surface area contributed by atoms with Crippen LogP contribution in [0.15, 0.2) is 30.3 Å². The van der Waals surface area contributed by atoms with E-state index in [-0.39, 0.29) is 5.97 Å². The molecule has 0 radical (unpaired) electrons. The predicted molar refractivity (Wildman–Crippen MR) is 91.7 cm³/mol. The van der Waals surface area contributed by atoms with Gasteiger partial charge in [-0.3, -0.25) is 9.69 Å². The Morgan fingerprint density at radius 3 is 2.36 bits per heavy atom. The van der Waals surface area contributed by atoms with Gasteiger partial charge in [-0.1, -0.05) is 56.5 Å². The van der Waals surface area contributed by atoms with Crippen molar-refractivity contribution in [1.29, 1.82) is 0 Å². The van der Waals surface area contributed by atoms with Crippen molar-refractivity contribution in [2.45, 2.75) is 65.5 Å². The Bertz CT molecular complexity index is 423. The topological polar surface area (TPSA) is 29.5 Å². The van der Waals surface area contributed by atoms with Crippen LogP contribution in [0.2, 0.25) is 0 Å². The average Bonchev–Trinajstić information content (AvgIpc) is 2.42. The van der Waals surface area contributed by atoms with Crippen LogP contribution in [-0.2, 0) is 16.1 Å². The summed E-state index contributed by atoms with van der Waals surface area (Å²) in [5, 5.41) is 0. The fourth-order valence-corrected chi connectivity index (χ4v) is 2.37. The van der Waals surface area contributed by atoms with Crippen LogP contribution in [0, 0.1) is 0 Å². The first-order valence-electron chi connectivity index (χ1n) is 8.39. The molecule has 0 atom stereocenters. The van der Waals surface area contributed by atoms with Gasteiger partial charge in [-0.2, -0.15) is 0 Å². The van der Waals surface area contributed by atoms with E-state index in [4.69, 9.17) is 4.74 Å². The molecule has 124 valence electrons. The van der Waals surface area contributed by atoms with Gasteiger partial charge in [0.25, 0.3) is 0 Å². The lowest BCUT2D eigenvalue weighted by Gasteiger charge is -2.25. The molecule has 22 heavy (non-hydrogen) atoms. The van der Waals surface area contributed by atoms with Crippen molar-refractivity contribution in [2.75, 3.05) is 13.1 Å². The molecule has 0 N–H and O–H groups in total. The minimum Gasteiger partial charge on any atom is -0.459 e. The molecule has 0 unspecified atom stereocenters. The molecule has 0 bridgehead atoms. The first-order chi connectivity index (χ1) is 10.4. The van der Waals surface area contributed by atoms with Gasteiger partial charge in [0.15, 0.2) is 0 Å². The standard InChI is InChI=1S/C19H31NO2/c1-5-6-7-11-14-20(15-17-12-9-8-10-13-17)16-18(21)22-19(2,3)4/h8-10,12-13H,5-7,11,14-16H2,1-4H3. The second-order valence-electron chi connectivity index (χ2n) is 6.84. The summed E-state index contributed by atoms with van der Waals surface area (Å²) in [5.74, 6) is -0.140.